The fraction of sp³-hybridized carbons (Fsp3) is 0.667. The summed E-state index contributed by atoms with van der Waals surface area (Å²) in [4.78, 5) is 10.8. The first kappa shape index (κ1) is 13.8. The Morgan fingerprint density at radius 3 is 2.60 bits per heavy atom. The molecule has 3 nitrogen and oxygen atoms in total. The molecule has 0 rings (SSSR count). The molecular weight excluding hydrogens is 209 g/mol. The summed E-state index contributed by atoms with van der Waals surface area (Å²) in [5.74, 6) is 1.74. The van der Waals surface area contributed by atoms with Gasteiger partial charge in [0.25, 0.3) is 0 Å². The van der Waals surface area contributed by atoms with Crippen molar-refractivity contribution in [2.45, 2.75) is 19.0 Å². The van der Waals surface area contributed by atoms with E-state index in [1.54, 1.807) is 5.32 Å². The molecule has 0 heterocycles. The number of nitrogens with one attached hydrogen (secondary N) is 2. The third-order valence-electron chi connectivity index (χ3n) is 1.45. The average Bonchev–Trinajstić information content (AvgIpc) is 2.13. The fourth-order valence-corrected chi connectivity index (χ4v) is 0.779. The molecule has 86 valence electrons. The number of terminal acetylenes is 1. The van der Waals surface area contributed by atoms with Crippen LogP contribution in [0.4, 0.5) is 13.2 Å². The van der Waals surface area contributed by atoms with Crippen LogP contribution in [-0.4, -0.2) is 31.7 Å². The third kappa shape index (κ3) is 10.7. The van der Waals surface area contributed by atoms with Gasteiger partial charge >= 0.3 is 6.18 Å². The zero-order valence-corrected chi connectivity index (χ0v) is 8.16. The Morgan fingerprint density at radius 1 is 1.40 bits per heavy atom. The van der Waals surface area contributed by atoms with Crippen LogP contribution in [-0.2, 0) is 4.79 Å². The fourth-order valence-electron chi connectivity index (χ4n) is 0.779. The number of unbranched alkanes of at least 4 members (excludes halogenated alkanes) is 1. The molecule has 0 atom stereocenters. The van der Waals surface area contributed by atoms with Crippen molar-refractivity contribution in [1.29, 1.82) is 0 Å². The van der Waals surface area contributed by atoms with E-state index in [4.69, 9.17) is 6.42 Å². The average molecular weight is 222 g/mol. The highest BCUT2D eigenvalue weighted by molar-refractivity contribution is 5.77. The molecule has 0 aliphatic heterocycles. The number of alkyl halides is 3. The summed E-state index contributed by atoms with van der Waals surface area (Å²) in [6, 6.07) is 0. The van der Waals surface area contributed by atoms with Gasteiger partial charge in [-0.1, -0.05) is 0 Å². The van der Waals surface area contributed by atoms with E-state index < -0.39 is 18.6 Å². The molecule has 0 saturated carbocycles. The van der Waals surface area contributed by atoms with Crippen LogP contribution < -0.4 is 10.6 Å². The second-order valence-electron chi connectivity index (χ2n) is 2.88. The van der Waals surface area contributed by atoms with E-state index in [0.717, 1.165) is 0 Å². The van der Waals surface area contributed by atoms with Gasteiger partial charge in [0.1, 0.15) is 6.54 Å². The summed E-state index contributed by atoms with van der Waals surface area (Å²) in [5, 5.41) is 4.43. The van der Waals surface area contributed by atoms with Gasteiger partial charge in [-0.15, -0.1) is 12.3 Å². The predicted octanol–water partition coefficient (Wildman–Crippen LogP) is 0.668. The zero-order chi connectivity index (χ0) is 11.7. The van der Waals surface area contributed by atoms with E-state index in [1.807, 2.05) is 0 Å². The van der Waals surface area contributed by atoms with Gasteiger partial charge in [0.05, 0.1) is 6.54 Å². The number of rotatable bonds is 6. The minimum Gasteiger partial charge on any atom is -0.346 e. The molecule has 15 heavy (non-hydrogen) atoms. The quantitative estimate of drug-likeness (QED) is 0.512. The lowest BCUT2D eigenvalue weighted by Crippen LogP contribution is -2.39. The van der Waals surface area contributed by atoms with Gasteiger partial charge in [0.2, 0.25) is 5.91 Å². The highest BCUT2D eigenvalue weighted by atomic mass is 19.4. The van der Waals surface area contributed by atoms with Gasteiger partial charge in [-0.25, -0.2) is 0 Å². The maximum Gasteiger partial charge on any atom is 0.405 e. The lowest BCUT2D eigenvalue weighted by molar-refractivity contribution is -0.137. The topological polar surface area (TPSA) is 41.1 Å². The van der Waals surface area contributed by atoms with Crippen LogP contribution in [0.25, 0.3) is 0 Å². The smallest absolute Gasteiger partial charge is 0.346 e. The molecule has 0 spiro atoms. The molecule has 0 aromatic carbocycles. The van der Waals surface area contributed by atoms with Crippen LogP contribution >= 0.6 is 0 Å². The number of carbonyl (C=O) groups is 1. The van der Waals surface area contributed by atoms with E-state index in [-0.39, 0.29) is 6.54 Å². The Bertz CT molecular complexity index is 232. The largest absolute Gasteiger partial charge is 0.405 e. The highest BCUT2D eigenvalue weighted by Crippen LogP contribution is 2.11. The van der Waals surface area contributed by atoms with Gasteiger partial charge in [0, 0.05) is 6.42 Å². The van der Waals surface area contributed by atoms with Crippen LogP contribution in [0.3, 0.4) is 0 Å². The molecule has 0 bridgehead atoms. The molecular formula is C9H13F3N2O. The van der Waals surface area contributed by atoms with E-state index in [0.29, 0.717) is 19.4 Å². The number of halogens is 3. The molecule has 0 aliphatic rings. The van der Waals surface area contributed by atoms with Crippen LogP contribution in [0, 0.1) is 12.3 Å². The van der Waals surface area contributed by atoms with Crippen molar-refractivity contribution in [3.8, 4) is 12.3 Å². The summed E-state index contributed by atoms with van der Waals surface area (Å²) in [6.45, 7) is -0.901. The van der Waals surface area contributed by atoms with Crippen LogP contribution in [0.5, 0.6) is 0 Å². The number of hydrogen-bond donors (Lipinski definition) is 2. The first-order valence-corrected chi connectivity index (χ1v) is 4.43. The molecule has 0 unspecified atom stereocenters. The standard InChI is InChI=1S/C9H13F3N2O/c1-2-3-4-5-13-6-8(15)14-7-9(10,11)12/h1,13H,3-7H2,(H,14,15). The third-order valence-corrected chi connectivity index (χ3v) is 1.45. The first-order chi connectivity index (χ1) is 6.95. The zero-order valence-electron chi connectivity index (χ0n) is 8.16. The second kappa shape index (κ2) is 7.12. The van der Waals surface area contributed by atoms with Crippen LogP contribution in [0.15, 0.2) is 0 Å². The lowest BCUT2D eigenvalue weighted by Gasteiger charge is -2.08. The number of amides is 1. The first-order valence-electron chi connectivity index (χ1n) is 4.43. The SMILES string of the molecule is C#CCCCNCC(=O)NCC(F)(F)F. The summed E-state index contributed by atoms with van der Waals surface area (Å²) < 4.78 is 34.9. The van der Waals surface area contributed by atoms with Gasteiger partial charge in [0.15, 0.2) is 0 Å². The number of hydrogen-bond acceptors (Lipinski definition) is 2. The minimum absolute atomic E-state index is 0.124. The van der Waals surface area contributed by atoms with Gasteiger partial charge in [-0.3, -0.25) is 4.79 Å². The summed E-state index contributed by atoms with van der Waals surface area (Å²) in [6.07, 6.45) is 1.90. The Morgan fingerprint density at radius 2 is 2.07 bits per heavy atom. The molecule has 0 radical (unpaired) electrons. The molecule has 1 amide bonds. The van der Waals surface area contributed by atoms with Crippen molar-refractivity contribution in [1.82, 2.24) is 10.6 Å². The van der Waals surface area contributed by atoms with Gasteiger partial charge < -0.3 is 10.6 Å². The van der Waals surface area contributed by atoms with Gasteiger partial charge in [-0.05, 0) is 13.0 Å². The van der Waals surface area contributed by atoms with Crippen LogP contribution in [0.2, 0.25) is 0 Å². The van der Waals surface area contributed by atoms with E-state index in [1.165, 1.54) is 0 Å². The maximum absolute atomic E-state index is 11.6. The molecule has 0 aliphatic carbocycles. The Labute approximate surface area is 86.4 Å². The van der Waals surface area contributed by atoms with Crippen LogP contribution in [0.1, 0.15) is 12.8 Å². The van der Waals surface area contributed by atoms with Crippen molar-refractivity contribution in [3.63, 3.8) is 0 Å². The molecule has 0 saturated heterocycles. The predicted molar refractivity (Wildman–Crippen MR) is 50.0 cm³/mol. The van der Waals surface area contributed by atoms with Crippen molar-refractivity contribution in [2.75, 3.05) is 19.6 Å². The maximum atomic E-state index is 11.6. The van der Waals surface area contributed by atoms with Crippen molar-refractivity contribution >= 4 is 5.91 Å². The molecule has 2 N–H and O–H groups in total. The van der Waals surface area contributed by atoms with E-state index in [9.17, 15) is 18.0 Å². The Hall–Kier alpha value is -1.22. The van der Waals surface area contributed by atoms with Crippen molar-refractivity contribution in [3.05, 3.63) is 0 Å². The number of carbonyl (C=O) groups excluding carboxylic acids is 1. The summed E-state index contributed by atoms with van der Waals surface area (Å²) in [7, 11) is 0. The lowest BCUT2D eigenvalue weighted by atomic mass is 10.3. The Kier molecular flexibility index (Phi) is 6.54. The Balaban J connectivity index is 3.39. The minimum atomic E-state index is -4.36. The van der Waals surface area contributed by atoms with E-state index in [2.05, 4.69) is 11.2 Å². The molecule has 0 fully saturated rings. The van der Waals surface area contributed by atoms with Crippen molar-refractivity contribution in [2.24, 2.45) is 0 Å². The van der Waals surface area contributed by atoms with Gasteiger partial charge in [-0.2, -0.15) is 13.2 Å². The summed E-state index contributed by atoms with van der Waals surface area (Å²) in [5.41, 5.74) is 0. The van der Waals surface area contributed by atoms with Crippen molar-refractivity contribution < 1.29 is 18.0 Å². The summed E-state index contributed by atoms with van der Waals surface area (Å²) >= 11 is 0. The van der Waals surface area contributed by atoms with E-state index >= 15 is 0 Å². The highest BCUT2D eigenvalue weighted by Gasteiger charge is 2.27. The normalized spacial score (nSPS) is 10.8. The molecule has 0 aromatic rings. The molecule has 6 heteroatoms. The monoisotopic (exact) mass is 222 g/mol. The molecule has 0 aromatic heterocycles. The second-order valence-corrected chi connectivity index (χ2v) is 2.88.